The first kappa shape index (κ1) is 13.4. The van der Waals surface area contributed by atoms with Crippen LogP contribution in [-0.2, 0) is 19.3 Å². The maximum Gasteiger partial charge on any atom is 0.251 e. The van der Waals surface area contributed by atoms with Crippen molar-refractivity contribution in [2.75, 3.05) is 11.9 Å². The number of benzene rings is 2. The molecule has 112 valence electrons. The van der Waals surface area contributed by atoms with Crippen molar-refractivity contribution in [1.82, 2.24) is 5.32 Å². The number of hydrogen-bond donors (Lipinski definition) is 2. The summed E-state index contributed by atoms with van der Waals surface area (Å²) in [5.74, 6) is 0.0425. The predicted octanol–water partition coefficient (Wildman–Crippen LogP) is 2.94. The summed E-state index contributed by atoms with van der Waals surface area (Å²) >= 11 is 0. The van der Waals surface area contributed by atoms with E-state index in [0.29, 0.717) is 0 Å². The fraction of sp³-hybridized carbons (Fsp3) is 0.316. The summed E-state index contributed by atoms with van der Waals surface area (Å²) < 4.78 is 0. The number of para-hydroxylation sites is 1. The van der Waals surface area contributed by atoms with Crippen molar-refractivity contribution in [3.05, 3.63) is 64.7 Å². The van der Waals surface area contributed by atoms with Crippen LogP contribution in [0.25, 0.3) is 0 Å². The molecule has 2 aromatic carbocycles. The summed E-state index contributed by atoms with van der Waals surface area (Å²) in [5, 5.41) is 6.56. The first-order valence-corrected chi connectivity index (χ1v) is 8.04. The molecule has 0 saturated heterocycles. The van der Waals surface area contributed by atoms with Gasteiger partial charge in [0, 0.05) is 17.8 Å². The zero-order valence-corrected chi connectivity index (χ0v) is 12.6. The normalized spacial score (nSPS) is 19.0. The van der Waals surface area contributed by atoms with Crippen LogP contribution in [0.4, 0.5) is 5.69 Å². The van der Waals surface area contributed by atoms with Gasteiger partial charge < -0.3 is 10.6 Å². The standard InChI is InChI=1S/C19H20N2O/c22-19(16-9-8-13-5-3-6-14(13)10-16)21-17-11-15-4-1-2-7-18(15)20-12-17/h1-2,4,7-10,17,20H,3,5-6,11-12H2,(H,21,22). The molecule has 0 spiro atoms. The number of fused-ring (bicyclic) bond motifs is 2. The lowest BCUT2D eigenvalue weighted by atomic mass is 9.99. The minimum Gasteiger partial charge on any atom is -0.383 e. The molecule has 2 aliphatic rings. The second-order valence-electron chi connectivity index (χ2n) is 6.25. The number of carbonyl (C=O) groups excluding carboxylic acids is 1. The van der Waals surface area contributed by atoms with Crippen LogP contribution in [0.1, 0.15) is 33.5 Å². The van der Waals surface area contributed by atoms with Crippen LogP contribution >= 0.6 is 0 Å². The number of nitrogens with one attached hydrogen (secondary N) is 2. The van der Waals surface area contributed by atoms with E-state index in [-0.39, 0.29) is 11.9 Å². The number of carbonyl (C=O) groups is 1. The van der Waals surface area contributed by atoms with Crippen LogP contribution in [0, 0.1) is 0 Å². The predicted molar refractivity (Wildman–Crippen MR) is 88.4 cm³/mol. The molecule has 1 atom stereocenters. The van der Waals surface area contributed by atoms with E-state index in [4.69, 9.17) is 0 Å². The van der Waals surface area contributed by atoms with Gasteiger partial charge in [0.2, 0.25) is 0 Å². The average Bonchev–Trinajstić information content (AvgIpc) is 3.02. The molecule has 0 bridgehead atoms. The van der Waals surface area contributed by atoms with Gasteiger partial charge in [0.25, 0.3) is 5.91 Å². The number of amides is 1. The Bertz CT molecular complexity index is 723. The quantitative estimate of drug-likeness (QED) is 0.893. The van der Waals surface area contributed by atoms with Crippen LogP contribution in [-0.4, -0.2) is 18.5 Å². The molecule has 1 aliphatic carbocycles. The number of anilines is 1. The van der Waals surface area contributed by atoms with E-state index in [1.807, 2.05) is 18.2 Å². The highest BCUT2D eigenvalue weighted by Gasteiger charge is 2.21. The minimum absolute atomic E-state index is 0.0425. The van der Waals surface area contributed by atoms with Crippen LogP contribution in [0.2, 0.25) is 0 Å². The van der Waals surface area contributed by atoms with Gasteiger partial charge >= 0.3 is 0 Å². The third-order valence-electron chi connectivity index (χ3n) is 4.72. The van der Waals surface area contributed by atoms with Crippen LogP contribution in [0.15, 0.2) is 42.5 Å². The number of rotatable bonds is 2. The second kappa shape index (κ2) is 5.48. The van der Waals surface area contributed by atoms with E-state index in [0.717, 1.165) is 31.4 Å². The molecule has 4 rings (SSSR count). The van der Waals surface area contributed by atoms with Crippen molar-refractivity contribution >= 4 is 11.6 Å². The lowest BCUT2D eigenvalue weighted by molar-refractivity contribution is 0.0938. The Morgan fingerprint density at radius 1 is 1.05 bits per heavy atom. The Morgan fingerprint density at radius 2 is 1.91 bits per heavy atom. The summed E-state index contributed by atoms with van der Waals surface area (Å²) in [6, 6.07) is 14.6. The van der Waals surface area contributed by atoms with Crippen molar-refractivity contribution in [3.8, 4) is 0 Å². The molecule has 1 unspecified atom stereocenters. The molecule has 0 aromatic heterocycles. The van der Waals surface area contributed by atoms with Crippen LogP contribution in [0.5, 0.6) is 0 Å². The third kappa shape index (κ3) is 2.47. The zero-order valence-electron chi connectivity index (χ0n) is 12.6. The molecule has 2 N–H and O–H groups in total. The van der Waals surface area contributed by atoms with Gasteiger partial charge in [-0.3, -0.25) is 4.79 Å². The highest BCUT2D eigenvalue weighted by molar-refractivity contribution is 5.94. The van der Waals surface area contributed by atoms with E-state index < -0.39 is 0 Å². The molecule has 22 heavy (non-hydrogen) atoms. The number of hydrogen-bond acceptors (Lipinski definition) is 2. The van der Waals surface area contributed by atoms with Gasteiger partial charge in [0.15, 0.2) is 0 Å². The first-order chi connectivity index (χ1) is 10.8. The average molecular weight is 292 g/mol. The summed E-state index contributed by atoms with van der Waals surface area (Å²) in [6.07, 6.45) is 4.36. The Labute approximate surface area is 130 Å². The molecule has 0 radical (unpaired) electrons. The van der Waals surface area contributed by atoms with Gasteiger partial charge in [-0.1, -0.05) is 24.3 Å². The van der Waals surface area contributed by atoms with Gasteiger partial charge in [-0.15, -0.1) is 0 Å². The molecular weight excluding hydrogens is 272 g/mol. The van der Waals surface area contributed by atoms with Gasteiger partial charge in [-0.25, -0.2) is 0 Å². The summed E-state index contributed by atoms with van der Waals surface area (Å²) in [6.45, 7) is 0.785. The zero-order chi connectivity index (χ0) is 14.9. The Morgan fingerprint density at radius 3 is 2.86 bits per heavy atom. The van der Waals surface area contributed by atoms with Crippen molar-refractivity contribution in [2.45, 2.75) is 31.7 Å². The second-order valence-corrected chi connectivity index (χ2v) is 6.25. The van der Waals surface area contributed by atoms with Crippen molar-refractivity contribution in [3.63, 3.8) is 0 Å². The Kier molecular flexibility index (Phi) is 3.34. The minimum atomic E-state index is 0.0425. The van der Waals surface area contributed by atoms with Crippen LogP contribution < -0.4 is 10.6 Å². The molecular formula is C19H20N2O. The lowest BCUT2D eigenvalue weighted by Crippen LogP contribution is -2.43. The fourth-order valence-electron chi connectivity index (χ4n) is 3.53. The Hall–Kier alpha value is -2.29. The van der Waals surface area contributed by atoms with E-state index in [2.05, 4.69) is 34.9 Å². The van der Waals surface area contributed by atoms with E-state index in [9.17, 15) is 4.79 Å². The first-order valence-electron chi connectivity index (χ1n) is 8.04. The molecule has 1 amide bonds. The van der Waals surface area contributed by atoms with Crippen molar-refractivity contribution < 1.29 is 4.79 Å². The number of aryl methyl sites for hydroxylation is 2. The summed E-state index contributed by atoms with van der Waals surface area (Å²) in [5.41, 5.74) is 6.00. The molecule has 3 nitrogen and oxygen atoms in total. The van der Waals surface area contributed by atoms with Crippen LogP contribution in [0.3, 0.4) is 0 Å². The molecule has 3 heteroatoms. The molecule has 0 fully saturated rings. The maximum absolute atomic E-state index is 12.5. The fourth-order valence-corrected chi connectivity index (χ4v) is 3.53. The maximum atomic E-state index is 12.5. The van der Waals surface area contributed by atoms with E-state index in [1.165, 1.54) is 28.8 Å². The molecule has 0 saturated carbocycles. The summed E-state index contributed by atoms with van der Waals surface area (Å²) in [7, 11) is 0. The van der Waals surface area contributed by atoms with E-state index >= 15 is 0 Å². The SMILES string of the molecule is O=C(NC1CNc2ccccc2C1)c1ccc2c(c1)CCC2. The Balaban J connectivity index is 1.47. The largest absolute Gasteiger partial charge is 0.383 e. The lowest BCUT2D eigenvalue weighted by Gasteiger charge is -2.27. The third-order valence-corrected chi connectivity index (χ3v) is 4.72. The smallest absolute Gasteiger partial charge is 0.251 e. The van der Waals surface area contributed by atoms with E-state index in [1.54, 1.807) is 0 Å². The summed E-state index contributed by atoms with van der Waals surface area (Å²) in [4.78, 5) is 12.5. The van der Waals surface area contributed by atoms with Crippen molar-refractivity contribution in [2.24, 2.45) is 0 Å². The monoisotopic (exact) mass is 292 g/mol. The molecule has 1 aliphatic heterocycles. The van der Waals surface area contributed by atoms with Gasteiger partial charge in [0.1, 0.15) is 0 Å². The molecule has 1 heterocycles. The highest BCUT2D eigenvalue weighted by Crippen LogP contribution is 2.24. The topological polar surface area (TPSA) is 41.1 Å². The molecule has 2 aromatic rings. The highest BCUT2D eigenvalue weighted by atomic mass is 16.1. The van der Waals surface area contributed by atoms with Crippen molar-refractivity contribution in [1.29, 1.82) is 0 Å². The van der Waals surface area contributed by atoms with Gasteiger partial charge in [-0.05, 0) is 60.6 Å². The van der Waals surface area contributed by atoms with Gasteiger partial charge in [0.05, 0.1) is 6.04 Å². The van der Waals surface area contributed by atoms with Gasteiger partial charge in [-0.2, -0.15) is 0 Å².